The van der Waals surface area contributed by atoms with Crippen molar-refractivity contribution < 1.29 is 48.2 Å². The van der Waals surface area contributed by atoms with E-state index in [4.69, 9.17) is 33.2 Å². The summed E-state index contributed by atoms with van der Waals surface area (Å²) in [5, 5.41) is 21.0. The zero-order valence-electron chi connectivity index (χ0n) is 36.5. The van der Waals surface area contributed by atoms with E-state index in [1.807, 2.05) is 44.2 Å². The van der Waals surface area contributed by atoms with E-state index in [-0.39, 0.29) is 90.1 Å². The van der Waals surface area contributed by atoms with Crippen molar-refractivity contribution in [3.05, 3.63) is 35.9 Å². The average molecular weight is 799 g/mol. The van der Waals surface area contributed by atoms with E-state index < -0.39 is 29.4 Å². The lowest BCUT2D eigenvalue weighted by atomic mass is 9.78. The first-order valence-electron chi connectivity index (χ1n) is 22.4. The van der Waals surface area contributed by atoms with E-state index in [1.54, 1.807) is 7.11 Å². The second-order valence-electron chi connectivity index (χ2n) is 20.2. The maximum Gasteiger partial charge on any atom is 0.192 e. The van der Waals surface area contributed by atoms with Crippen LogP contribution in [-0.4, -0.2) is 101 Å². The van der Waals surface area contributed by atoms with Gasteiger partial charge in [0.05, 0.1) is 66.6 Å². The van der Waals surface area contributed by atoms with Crippen molar-refractivity contribution in [1.82, 2.24) is 0 Å². The summed E-state index contributed by atoms with van der Waals surface area (Å²) in [4.78, 5) is 13.4. The number of ether oxygens (including phenoxy) is 7. The second kappa shape index (κ2) is 16.8. The summed E-state index contributed by atoms with van der Waals surface area (Å²) in [6.45, 7) is 19.0. The van der Waals surface area contributed by atoms with Crippen molar-refractivity contribution in [3.63, 3.8) is 0 Å². The van der Waals surface area contributed by atoms with Gasteiger partial charge in [-0.2, -0.15) is 0 Å². The normalized spacial score (nSPS) is 49.7. The maximum absolute atomic E-state index is 13.4. The first-order valence-corrected chi connectivity index (χ1v) is 22.4. The molecule has 1 aromatic carbocycles. The largest absolute Gasteiger partial charge is 0.391 e. The third-order valence-corrected chi connectivity index (χ3v) is 15.8. The molecule has 1 aromatic rings. The Hall–Kier alpha value is -1.47. The van der Waals surface area contributed by atoms with Gasteiger partial charge in [0.1, 0.15) is 5.78 Å². The molecule has 10 nitrogen and oxygen atoms in total. The van der Waals surface area contributed by atoms with Crippen LogP contribution in [0.25, 0.3) is 0 Å². The summed E-state index contributed by atoms with van der Waals surface area (Å²) in [5.41, 5.74) is -0.0356. The third kappa shape index (κ3) is 8.31. The predicted molar refractivity (Wildman–Crippen MR) is 216 cm³/mol. The summed E-state index contributed by atoms with van der Waals surface area (Å²) in [7, 11) is 1.80. The van der Waals surface area contributed by atoms with Gasteiger partial charge in [-0.05, 0) is 82.1 Å². The van der Waals surface area contributed by atoms with Gasteiger partial charge < -0.3 is 43.4 Å². The molecule has 6 aliphatic rings. The van der Waals surface area contributed by atoms with Crippen LogP contribution in [0.1, 0.15) is 126 Å². The molecule has 322 valence electrons. The highest BCUT2D eigenvalue weighted by molar-refractivity contribution is 5.83. The molecule has 10 heteroatoms. The van der Waals surface area contributed by atoms with E-state index in [0.29, 0.717) is 12.3 Å². The fourth-order valence-electron chi connectivity index (χ4n) is 12.3. The highest BCUT2D eigenvalue weighted by Gasteiger charge is 2.65. The lowest BCUT2D eigenvalue weighted by Gasteiger charge is -2.50. The van der Waals surface area contributed by atoms with E-state index in [2.05, 4.69) is 48.5 Å². The number of hydrogen-bond donors (Lipinski definition) is 2. The lowest BCUT2D eigenvalue weighted by molar-refractivity contribution is -0.353. The summed E-state index contributed by atoms with van der Waals surface area (Å²) in [5.74, 6) is -1.65. The number of hydrogen-bond acceptors (Lipinski definition) is 10. The first kappa shape index (κ1) is 43.6. The Balaban J connectivity index is 1.00. The fraction of sp³-hybridized carbons (Fsp3) is 0.851. The average Bonchev–Trinajstić information content (AvgIpc) is 3.86. The minimum absolute atomic E-state index is 0.00633. The van der Waals surface area contributed by atoms with E-state index >= 15 is 0 Å². The van der Waals surface area contributed by atoms with Crippen LogP contribution in [0.5, 0.6) is 0 Å². The highest BCUT2D eigenvalue weighted by atomic mass is 16.7. The number of carbonyl (C=O) groups excluding carboxylic acids is 1. The number of Topliss-reactive ketones (excluding diaryl/α,β-unsaturated/α-hetero) is 1. The zero-order valence-corrected chi connectivity index (χ0v) is 36.5. The Morgan fingerprint density at radius 2 is 1.60 bits per heavy atom. The molecule has 6 fully saturated rings. The number of aliphatic hydroxyl groups excluding tert-OH is 1. The van der Waals surface area contributed by atoms with Gasteiger partial charge >= 0.3 is 0 Å². The van der Waals surface area contributed by atoms with Gasteiger partial charge in [0.25, 0.3) is 0 Å². The van der Waals surface area contributed by atoms with Crippen LogP contribution in [-0.2, 0) is 44.4 Å². The van der Waals surface area contributed by atoms with Gasteiger partial charge in [0, 0.05) is 50.0 Å². The van der Waals surface area contributed by atoms with Gasteiger partial charge in [0.2, 0.25) is 0 Å². The third-order valence-electron chi connectivity index (χ3n) is 15.8. The topological polar surface area (TPSA) is 122 Å². The Morgan fingerprint density at radius 3 is 2.30 bits per heavy atom. The number of aliphatic hydroxyl groups is 2. The summed E-state index contributed by atoms with van der Waals surface area (Å²) < 4.78 is 47.8. The number of benzene rings is 1. The smallest absolute Gasteiger partial charge is 0.192 e. The fourth-order valence-corrected chi connectivity index (χ4v) is 12.3. The molecule has 19 atom stereocenters. The molecule has 6 aliphatic heterocycles. The molecule has 6 heterocycles. The molecule has 0 aliphatic carbocycles. The van der Waals surface area contributed by atoms with Crippen molar-refractivity contribution in [3.8, 4) is 0 Å². The Labute approximate surface area is 342 Å². The summed E-state index contributed by atoms with van der Waals surface area (Å²) >= 11 is 0. The second-order valence-corrected chi connectivity index (χ2v) is 20.2. The molecular formula is C47H74O10. The van der Waals surface area contributed by atoms with E-state index in [9.17, 15) is 15.0 Å². The summed E-state index contributed by atoms with van der Waals surface area (Å²) in [6.07, 6.45) is 6.94. The molecule has 0 aromatic heterocycles. The van der Waals surface area contributed by atoms with E-state index in [1.165, 1.54) is 0 Å². The summed E-state index contributed by atoms with van der Waals surface area (Å²) in [6, 6.07) is 10.00. The Bertz CT molecular complexity index is 1530. The van der Waals surface area contributed by atoms with Crippen LogP contribution in [0, 0.1) is 41.4 Å². The van der Waals surface area contributed by atoms with Gasteiger partial charge in [-0.25, -0.2) is 0 Å². The Morgan fingerprint density at radius 1 is 0.860 bits per heavy atom. The molecular weight excluding hydrogens is 725 g/mol. The minimum Gasteiger partial charge on any atom is -0.391 e. The van der Waals surface area contributed by atoms with Crippen LogP contribution < -0.4 is 0 Å². The van der Waals surface area contributed by atoms with Crippen molar-refractivity contribution in [2.75, 3.05) is 13.7 Å². The van der Waals surface area contributed by atoms with Crippen LogP contribution in [0.2, 0.25) is 0 Å². The minimum atomic E-state index is -1.55. The van der Waals surface area contributed by atoms with E-state index in [0.717, 1.165) is 63.4 Å². The number of rotatable bonds is 11. The number of ketones is 1. The van der Waals surface area contributed by atoms with Crippen LogP contribution in [0.3, 0.4) is 0 Å². The maximum atomic E-state index is 13.4. The molecule has 7 unspecified atom stereocenters. The molecule has 1 spiro atoms. The van der Waals surface area contributed by atoms with Crippen molar-refractivity contribution in [2.24, 2.45) is 41.4 Å². The van der Waals surface area contributed by atoms with Gasteiger partial charge in [0.15, 0.2) is 11.6 Å². The van der Waals surface area contributed by atoms with Gasteiger partial charge in [-0.15, -0.1) is 0 Å². The standard InChI is InChI=1S/C47H74O10/c1-27-16-17-35(52-41(27)32(6)37(49)22-34-14-12-11-13-15-34)23-36-24-38(51-10)33(7)47(54-36)31(5)25-45(9,57-47)40-18-19-44(8,55-40)43-29(3)21-39(53-43)42-28(2)20-30(4)46(50,26-48)56-42/h11-15,27-33,35-36,38-43,48,50H,16-26H2,1-10H3/t27-,28-,29-,30+,31+,32-,33?,35+,36+,38?,39?,40?,41?,42?,43?,44-,45-,46-,47+/m0/s1. The van der Waals surface area contributed by atoms with Crippen molar-refractivity contribution in [1.29, 1.82) is 0 Å². The highest BCUT2D eigenvalue weighted by Crippen LogP contribution is 2.57. The van der Waals surface area contributed by atoms with Gasteiger partial charge in [-0.3, -0.25) is 4.79 Å². The first-order chi connectivity index (χ1) is 26.9. The Kier molecular flexibility index (Phi) is 12.8. The monoisotopic (exact) mass is 799 g/mol. The quantitative estimate of drug-likeness (QED) is 0.234. The molecule has 0 radical (unpaired) electrons. The molecule has 7 rings (SSSR count). The van der Waals surface area contributed by atoms with Gasteiger partial charge in [-0.1, -0.05) is 78.8 Å². The molecule has 6 saturated heterocycles. The molecule has 0 amide bonds. The van der Waals surface area contributed by atoms with Crippen LogP contribution in [0.4, 0.5) is 0 Å². The molecule has 0 saturated carbocycles. The van der Waals surface area contributed by atoms with Crippen LogP contribution >= 0.6 is 0 Å². The zero-order chi connectivity index (χ0) is 41.1. The lowest BCUT2D eigenvalue weighted by Crippen LogP contribution is -2.58. The van der Waals surface area contributed by atoms with Crippen molar-refractivity contribution in [2.45, 2.75) is 198 Å². The predicted octanol–water partition coefficient (Wildman–Crippen LogP) is 7.43. The molecule has 0 bridgehead atoms. The number of methoxy groups -OCH3 is 1. The van der Waals surface area contributed by atoms with Crippen LogP contribution in [0.15, 0.2) is 30.3 Å². The molecule has 2 N–H and O–H groups in total. The number of carbonyl (C=O) groups is 1. The molecule has 57 heavy (non-hydrogen) atoms. The SMILES string of the molecule is COC1C[C@@H](C[C@H]2CC[C@H](C)C([C@@H](C)C(=O)Cc3ccccc3)O2)O[C@]2(O[C@](C)(C3CC[C@@](C)(C4OC(C5O[C@@](O)(CO)[C@H](C)C[C@@H]5C)C[C@@H]4C)O3)C[C@H]2C)C1C. The van der Waals surface area contributed by atoms with Crippen molar-refractivity contribution >= 4 is 5.78 Å².